The summed E-state index contributed by atoms with van der Waals surface area (Å²) in [4.78, 5) is 25.6. The van der Waals surface area contributed by atoms with Crippen LogP contribution in [0.15, 0.2) is 30.3 Å². The highest BCUT2D eigenvalue weighted by Crippen LogP contribution is 2.34. The van der Waals surface area contributed by atoms with Crippen LogP contribution in [0.2, 0.25) is 5.02 Å². The van der Waals surface area contributed by atoms with Crippen molar-refractivity contribution >= 4 is 23.5 Å². The fraction of sp³-hybridized carbons (Fsp3) is 0.312. The molecule has 2 heterocycles. The Labute approximate surface area is 138 Å². The first-order valence-corrected chi connectivity index (χ1v) is 7.63. The maximum Gasteiger partial charge on any atom is 0.308 e. The standard InChI is InChI=1S/C16H16ClN3O3/c1-9-6-14(19-18-9)15(21)20-7-12(13(8-20)16(22)23)10-2-4-11(17)5-3-10/h2-6,12-13H,7-8H2,1H3,(H,18,19)(H,22,23)/t12-,13+/m0/s1. The number of hydrogen-bond donors (Lipinski definition) is 2. The lowest BCUT2D eigenvalue weighted by molar-refractivity contribution is -0.141. The van der Waals surface area contributed by atoms with E-state index in [1.54, 1.807) is 23.1 Å². The number of hydrogen-bond acceptors (Lipinski definition) is 3. The second-order valence-electron chi connectivity index (χ2n) is 5.75. The summed E-state index contributed by atoms with van der Waals surface area (Å²) >= 11 is 5.89. The predicted octanol–water partition coefficient (Wildman–Crippen LogP) is 2.31. The van der Waals surface area contributed by atoms with Crippen molar-refractivity contribution in [2.24, 2.45) is 5.92 Å². The Morgan fingerprint density at radius 1 is 1.30 bits per heavy atom. The minimum absolute atomic E-state index is 0.174. The molecule has 6 nitrogen and oxygen atoms in total. The van der Waals surface area contributed by atoms with Gasteiger partial charge in [-0.1, -0.05) is 23.7 Å². The van der Waals surface area contributed by atoms with Gasteiger partial charge in [0.1, 0.15) is 5.69 Å². The molecule has 1 saturated heterocycles. The maximum absolute atomic E-state index is 12.5. The molecule has 2 aromatic rings. The zero-order chi connectivity index (χ0) is 16.6. The monoisotopic (exact) mass is 333 g/mol. The second-order valence-corrected chi connectivity index (χ2v) is 6.19. The van der Waals surface area contributed by atoms with Crippen LogP contribution in [0.5, 0.6) is 0 Å². The highest BCUT2D eigenvalue weighted by molar-refractivity contribution is 6.30. The van der Waals surface area contributed by atoms with Crippen LogP contribution in [-0.4, -0.2) is 45.2 Å². The number of aromatic nitrogens is 2. The van der Waals surface area contributed by atoms with E-state index in [0.29, 0.717) is 17.3 Å². The van der Waals surface area contributed by atoms with Gasteiger partial charge in [0.05, 0.1) is 5.92 Å². The number of halogens is 1. The molecular formula is C16H16ClN3O3. The molecule has 120 valence electrons. The van der Waals surface area contributed by atoms with Crippen molar-refractivity contribution in [2.75, 3.05) is 13.1 Å². The van der Waals surface area contributed by atoms with Crippen molar-refractivity contribution in [1.29, 1.82) is 0 Å². The molecule has 1 fully saturated rings. The first-order chi connectivity index (χ1) is 11.0. The van der Waals surface area contributed by atoms with Gasteiger partial charge >= 0.3 is 5.97 Å². The molecular weight excluding hydrogens is 318 g/mol. The summed E-state index contributed by atoms with van der Waals surface area (Å²) in [5, 5.41) is 16.8. The van der Waals surface area contributed by atoms with Crippen molar-refractivity contribution in [1.82, 2.24) is 15.1 Å². The largest absolute Gasteiger partial charge is 0.481 e. The third kappa shape index (κ3) is 3.07. The Bertz CT molecular complexity index is 741. The van der Waals surface area contributed by atoms with Crippen molar-refractivity contribution in [3.8, 4) is 0 Å². The topological polar surface area (TPSA) is 86.3 Å². The van der Waals surface area contributed by atoms with Gasteiger partial charge in [0.15, 0.2) is 0 Å². The molecule has 1 amide bonds. The summed E-state index contributed by atoms with van der Waals surface area (Å²) in [7, 11) is 0. The number of likely N-dealkylation sites (tertiary alicyclic amines) is 1. The first kappa shape index (κ1) is 15.6. The lowest BCUT2D eigenvalue weighted by Gasteiger charge is -2.15. The first-order valence-electron chi connectivity index (χ1n) is 7.25. The lowest BCUT2D eigenvalue weighted by atomic mass is 9.89. The number of aromatic amines is 1. The van der Waals surface area contributed by atoms with Crippen LogP contribution in [0.3, 0.4) is 0 Å². The van der Waals surface area contributed by atoms with E-state index in [4.69, 9.17) is 11.6 Å². The van der Waals surface area contributed by atoms with E-state index in [1.165, 1.54) is 0 Å². The third-order valence-corrected chi connectivity index (χ3v) is 4.40. The number of nitrogens with zero attached hydrogens (tertiary/aromatic N) is 2. The average Bonchev–Trinajstić information content (AvgIpc) is 3.14. The van der Waals surface area contributed by atoms with Crippen LogP contribution in [0.4, 0.5) is 0 Å². The number of carboxylic acid groups (broad SMARTS) is 1. The third-order valence-electron chi connectivity index (χ3n) is 4.15. The molecule has 0 bridgehead atoms. The van der Waals surface area contributed by atoms with E-state index >= 15 is 0 Å². The van der Waals surface area contributed by atoms with Crippen LogP contribution < -0.4 is 0 Å². The van der Waals surface area contributed by atoms with Crippen LogP contribution >= 0.6 is 11.6 Å². The summed E-state index contributed by atoms with van der Waals surface area (Å²) in [5.41, 5.74) is 1.97. The second kappa shape index (κ2) is 6.04. The zero-order valence-electron chi connectivity index (χ0n) is 12.5. The molecule has 3 rings (SSSR count). The highest BCUT2D eigenvalue weighted by atomic mass is 35.5. The van der Waals surface area contributed by atoms with Crippen LogP contribution in [0.1, 0.15) is 27.7 Å². The SMILES string of the molecule is Cc1cc(C(=O)N2C[C@@H](C(=O)O)[C@H](c3ccc(Cl)cc3)C2)n[nH]1. The molecule has 2 N–H and O–H groups in total. The van der Waals surface area contributed by atoms with Crippen LogP contribution in [0.25, 0.3) is 0 Å². The Kier molecular flexibility index (Phi) is 4.09. The molecule has 1 aromatic carbocycles. The molecule has 2 atom stereocenters. The van der Waals surface area contributed by atoms with Gasteiger partial charge in [-0.3, -0.25) is 14.7 Å². The number of rotatable bonds is 3. The number of amides is 1. The van der Waals surface area contributed by atoms with E-state index in [1.807, 2.05) is 19.1 Å². The molecule has 1 aliphatic heterocycles. The molecule has 0 radical (unpaired) electrons. The van der Waals surface area contributed by atoms with E-state index in [0.717, 1.165) is 11.3 Å². The number of nitrogens with one attached hydrogen (secondary N) is 1. The highest BCUT2D eigenvalue weighted by Gasteiger charge is 2.41. The number of H-pyrrole nitrogens is 1. The Morgan fingerprint density at radius 2 is 2.00 bits per heavy atom. The minimum atomic E-state index is -0.904. The fourth-order valence-electron chi connectivity index (χ4n) is 2.96. The van der Waals surface area contributed by atoms with Crippen molar-refractivity contribution in [3.63, 3.8) is 0 Å². The predicted molar refractivity (Wildman–Crippen MR) is 84.5 cm³/mol. The smallest absolute Gasteiger partial charge is 0.308 e. The van der Waals surface area contributed by atoms with Crippen molar-refractivity contribution < 1.29 is 14.7 Å². The van der Waals surface area contributed by atoms with Crippen molar-refractivity contribution in [3.05, 3.63) is 52.3 Å². The van der Waals surface area contributed by atoms with E-state index in [-0.39, 0.29) is 18.4 Å². The molecule has 0 unspecified atom stereocenters. The molecule has 7 heteroatoms. The van der Waals surface area contributed by atoms with Gasteiger partial charge in [-0.2, -0.15) is 5.10 Å². The van der Waals surface area contributed by atoms with Gasteiger partial charge in [0.25, 0.3) is 5.91 Å². The molecule has 1 aromatic heterocycles. The number of carbonyl (C=O) groups excluding carboxylic acids is 1. The summed E-state index contributed by atoms with van der Waals surface area (Å²) < 4.78 is 0. The van der Waals surface area contributed by atoms with Gasteiger partial charge in [0.2, 0.25) is 0 Å². The average molecular weight is 334 g/mol. The van der Waals surface area contributed by atoms with E-state index in [2.05, 4.69) is 10.2 Å². The summed E-state index contributed by atoms with van der Waals surface area (Å²) in [6.07, 6.45) is 0. The number of carbonyl (C=O) groups is 2. The number of aryl methyl sites for hydroxylation is 1. The van der Waals surface area contributed by atoms with Crippen LogP contribution in [0, 0.1) is 12.8 Å². The summed E-state index contributed by atoms with van der Waals surface area (Å²) in [5.74, 6) is -2.05. The van der Waals surface area contributed by atoms with Gasteiger partial charge in [-0.25, -0.2) is 0 Å². The zero-order valence-corrected chi connectivity index (χ0v) is 13.2. The lowest BCUT2D eigenvalue weighted by Crippen LogP contribution is -2.30. The molecule has 0 saturated carbocycles. The van der Waals surface area contributed by atoms with E-state index < -0.39 is 11.9 Å². The molecule has 0 aliphatic carbocycles. The van der Waals surface area contributed by atoms with Gasteiger partial charge in [-0.15, -0.1) is 0 Å². The number of benzene rings is 1. The molecule has 23 heavy (non-hydrogen) atoms. The fourth-order valence-corrected chi connectivity index (χ4v) is 3.08. The van der Waals surface area contributed by atoms with Gasteiger partial charge in [0, 0.05) is 29.7 Å². The quantitative estimate of drug-likeness (QED) is 0.902. The summed E-state index contributed by atoms with van der Waals surface area (Å²) in [6, 6.07) is 8.76. The molecule has 1 aliphatic rings. The van der Waals surface area contributed by atoms with Crippen LogP contribution in [-0.2, 0) is 4.79 Å². The minimum Gasteiger partial charge on any atom is -0.481 e. The maximum atomic E-state index is 12.5. The Hall–Kier alpha value is -2.34. The molecule has 0 spiro atoms. The van der Waals surface area contributed by atoms with Gasteiger partial charge < -0.3 is 10.0 Å². The van der Waals surface area contributed by atoms with Gasteiger partial charge in [-0.05, 0) is 30.7 Å². The van der Waals surface area contributed by atoms with Crippen molar-refractivity contribution in [2.45, 2.75) is 12.8 Å². The Morgan fingerprint density at radius 3 is 2.57 bits per heavy atom. The normalized spacial score (nSPS) is 20.7. The number of carboxylic acids is 1. The Balaban J connectivity index is 1.85. The summed E-state index contributed by atoms with van der Waals surface area (Å²) in [6.45, 7) is 2.33. The number of aliphatic carboxylic acids is 1. The van der Waals surface area contributed by atoms with E-state index in [9.17, 15) is 14.7 Å².